The first-order valence-corrected chi connectivity index (χ1v) is 10.8. The minimum Gasteiger partial charge on any atom is -0.322 e. The number of carbonyl (C=O) groups is 1. The normalized spacial score (nSPS) is 10.9. The monoisotopic (exact) mass is 451 g/mol. The van der Waals surface area contributed by atoms with Gasteiger partial charge in [-0.25, -0.2) is 0 Å². The minimum absolute atomic E-state index is 0.316. The predicted molar refractivity (Wildman–Crippen MR) is 124 cm³/mol. The third-order valence-corrected chi connectivity index (χ3v) is 6.26. The molecule has 0 atom stereocenters. The Morgan fingerprint density at radius 2 is 1.81 bits per heavy atom. The van der Waals surface area contributed by atoms with E-state index in [1.165, 1.54) is 16.3 Å². The van der Waals surface area contributed by atoms with Crippen LogP contribution in [-0.2, 0) is 6.54 Å². The number of carbonyl (C=O) groups excluding carboxylic acids is 1. The van der Waals surface area contributed by atoms with Crippen molar-refractivity contribution in [3.63, 3.8) is 0 Å². The van der Waals surface area contributed by atoms with Crippen LogP contribution in [0, 0.1) is 0 Å². The maximum absolute atomic E-state index is 12.7. The number of nitrogens with one attached hydrogen (secondary N) is 2. The second kappa shape index (κ2) is 8.83. The number of halogens is 1. The van der Waals surface area contributed by atoms with Crippen molar-refractivity contribution in [3.05, 3.63) is 98.0 Å². The third kappa shape index (κ3) is 4.42. The van der Waals surface area contributed by atoms with E-state index in [2.05, 4.69) is 10.3 Å². The van der Waals surface area contributed by atoms with Gasteiger partial charge in [0.15, 0.2) is 0 Å². The smallest absolute Gasteiger partial charge is 0.316 e. The highest BCUT2D eigenvalue weighted by atomic mass is 35.5. The number of benzene rings is 3. The summed E-state index contributed by atoms with van der Waals surface area (Å²) in [5, 5.41) is 3.53. The van der Waals surface area contributed by atoms with Crippen molar-refractivity contribution in [3.8, 4) is 0 Å². The summed E-state index contributed by atoms with van der Waals surface area (Å²) in [7, 11) is 0. The molecule has 8 heteroatoms. The van der Waals surface area contributed by atoms with Gasteiger partial charge in [-0.3, -0.25) is 14.4 Å². The summed E-state index contributed by atoms with van der Waals surface area (Å²) in [5.74, 6) is -0.316. The lowest BCUT2D eigenvalue weighted by molar-refractivity contribution is 0.102. The Labute approximate surface area is 186 Å². The van der Waals surface area contributed by atoms with Crippen LogP contribution in [0.5, 0.6) is 0 Å². The van der Waals surface area contributed by atoms with Crippen LogP contribution in [0.1, 0.15) is 17.3 Å². The largest absolute Gasteiger partial charge is 0.322 e. The highest BCUT2D eigenvalue weighted by Gasteiger charge is 2.11. The first kappa shape index (κ1) is 21.0. The van der Waals surface area contributed by atoms with E-state index in [1.54, 1.807) is 25.1 Å². The van der Waals surface area contributed by atoms with Crippen LogP contribution in [0.2, 0.25) is 5.02 Å². The van der Waals surface area contributed by atoms with E-state index in [0.29, 0.717) is 33.9 Å². The summed E-state index contributed by atoms with van der Waals surface area (Å²) in [4.78, 5) is 41.0. The van der Waals surface area contributed by atoms with Crippen LogP contribution in [0.3, 0.4) is 0 Å². The van der Waals surface area contributed by atoms with Crippen LogP contribution in [0.25, 0.3) is 11.0 Å². The number of aromatic amines is 1. The van der Waals surface area contributed by atoms with Crippen LogP contribution in [0.15, 0.2) is 86.1 Å². The molecule has 0 unspecified atom stereocenters. The second-order valence-electron chi connectivity index (χ2n) is 6.75. The number of rotatable bonds is 5. The van der Waals surface area contributed by atoms with E-state index in [1.807, 2.05) is 48.5 Å². The van der Waals surface area contributed by atoms with Gasteiger partial charge < -0.3 is 14.9 Å². The number of amides is 1. The first-order valence-electron chi connectivity index (χ1n) is 9.57. The second-order valence-corrected chi connectivity index (χ2v) is 8.27. The minimum atomic E-state index is -0.710. The number of hydrogen-bond donors (Lipinski definition) is 2. The molecule has 0 radical (unpaired) electrons. The van der Waals surface area contributed by atoms with Gasteiger partial charge in [-0.15, -0.1) is 0 Å². The average Bonchev–Trinajstić information content (AvgIpc) is 2.77. The molecule has 2 N–H and O–H groups in total. The Kier molecular flexibility index (Phi) is 5.97. The summed E-state index contributed by atoms with van der Waals surface area (Å²) >= 11 is 7.74. The fraction of sp³-hybridized carbons (Fsp3) is 0.0870. The lowest BCUT2D eigenvalue weighted by Crippen LogP contribution is -2.36. The van der Waals surface area contributed by atoms with Crippen molar-refractivity contribution in [2.24, 2.45) is 0 Å². The summed E-state index contributed by atoms with van der Waals surface area (Å²) in [6, 6.07) is 19.9. The van der Waals surface area contributed by atoms with Gasteiger partial charge in [-0.2, -0.15) is 0 Å². The molecule has 31 heavy (non-hydrogen) atoms. The molecule has 1 heterocycles. The fourth-order valence-electron chi connectivity index (χ4n) is 3.20. The Balaban J connectivity index is 1.53. The SMILES string of the molecule is CCn1c(=O)c(=O)[nH]c2cc(C(=O)Nc3ccc(Sc4ccccc4Cl)cc3)ccc21. The average molecular weight is 452 g/mol. The highest BCUT2D eigenvalue weighted by molar-refractivity contribution is 7.99. The molecule has 1 aromatic heterocycles. The topological polar surface area (TPSA) is 84.0 Å². The molecule has 0 bridgehead atoms. The van der Waals surface area contributed by atoms with E-state index >= 15 is 0 Å². The highest BCUT2D eigenvalue weighted by Crippen LogP contribution is 2.33. The zero-order valence-electron chi connectivity index (χ0n) is 16.5. The molecular weight excluding hydrogens is 434 g/mol. The fourth-order valence-corrected chi connectivity index (χ4v) is 4.29. The summed E-state index contributed by atoms with van der Waals surface area (Å²) < 4.78 is 1.38. The van der Waals surface area contributed by atoms with Crippen LogP contribution >= 0.6 is 23.4 Å². The van der Waals surface area contributed by atoms with E-state index < -0.39 is 11.1 Å². The molecule has 0 spiro atoms. The summed E-state index contributed by atoms with van der Waals surface area (Å²) in [5.41, 5.74) is 0.704. The molecule has 0 saturated heterocycles. The van der Waals surface area contributed by atoms with Crippen molar-refractivity contribution >= 4 is 46.0 Å². The Morgan fingerprint density at radius 3 is 2.52 bits per heavy atom. The molecule has 4 aromatic rings. The van der Waals surface area contributed by atoms with E-state index in [-0.39, 0.29) is 5.91 Å². The van der Waals surface area contributed by atoms with Gasteiger partial charge in [-0.1, -0.05) is 35.5 Å². The molecule has 3 aromatic carbocycles. The third-order valence-electron chi connectivity index (χ3n) is 4.73. The van der Waals surface area contributed by atoms with Crippen LogP contribution < -0.4 is 16.4 Å². The number of nitrogens with zero attached hydrogens (tertiary/aromatic N) is 1. The summed E-state index contributed by atoms with van der Waals surface area (Å²) in [6.07, 6.45) is 0. The molecule has 0 aliphatic carbocycles. The first-order chi connectivity index (χ1) is 15.0. The zero-order valence-corrected chi connectivity index (χ0v) is 18.1. The number of H-pyrrole nitrogens is 1. The van der Waals surface area contributed by atoms with Crippen LogP contribution in [-0.4, -0.2) is 15.5 Å². The van der Waals surface area contributed by atoms with Crippen molar-refractivity contribution < 1.29 is 4.79 Å². The molecule has 0 saturated carbocycles. The van der Waals surface area contributed by atoms with Crippen molar-refractivity contribution in [1.29, 1.82) is 0 Å². The number of hydrogen-bond acceptors (Lipinski definition) is 4. The van der Waals surface area contributed by atoms with Crippen molar-refractivity contribution in [2.75, 3.05) is 5.32 Å². The summed E-state index contributed by atoms with van der Waals surface area (Å²) in [6.45, 7) is 2.15. The van der Waals surface area contributed by atoms with Crippen LogP contribution in [0.4, 0.5) is 5.69 Å². The van der Waals surface area contributed by atoms with Gasteiger partial charge in [0, 0.05) is 27.6 Å². The molecule has 0 aliphatic heterocycles. The molecule has 1 amide bonds. The number of aryl methyl sites for hydroxylation is 1. The van der Waals surface area contributed by atoms with E-state index in [4.69, 9.17) is 11.6 Å². The zero-order chi connectivity index (χ0) is 22.0. The Hall–Kier alpha value is -3.29. The lowest BCUT2D eigenvalue weighted by Gasteiger charge is -2.10. The van der Waals surface area contributed by atoms with Gasteiger partial charge in [0.25, 0.3) is 5.91 Å². The maximum Gasteiger partial charge on any atom is 0.316 e. The molecule has 156 valence electrons. The lowest BCUT2D eigenvalue weighted by atomic mass is 10.1. The van der Waals surface area contributed by atoms with Gasteiger partial charge in [0.1, 0.15) is 0 Å². The van der Waals surface area contributed by atoms with Gasteiger partial charge in [-0.05, 0) is 61.5 Å². The molecular formula is C23H18ClN3O3S. The number of fused-ring (bicyclic) bond motifs is 1. The van der Waals surface area contributed by atoms with Gasteiger partial charge in [0.2, 0.25) is 0 Å². The Morgan fingerprint density at radius 1 is 1.06 bits per heavy atom. The van der Waals surface area contributed by atoms with E-state index in [0.717, 1.165) is 9.79 Å². The molecule has 0 aliphatic rings. The number of anilines is 1. The molecule has 0 fully saturated rings. The van der Waals surface area contributed by atoms with E-state index in [9.17, 15) is 14.4 Å². The van der Waals surface area contributed by atoms with Gasteiger partial charge >= 0.3 is 11.1 Å². The quantitative estimate of drug-likeness (QED) is 0.428. The maximum atomic E-state index is 12.7. The predicted octanol–water partition coefficient (Wildman–Crippen LogP) is 4.77. The van der Waals surface area contributed by atoms with Gasteiger partial charge in [0.05, 0.1) is 16.1 Å². The van der Waals surface area contributed by atoms with Crippen molar-refractivity contribution in [1.82, 2.24) is 9.55 Å². The molecule has 4 rings (SSSR count). The Bertz CT molecular complexity index is 1390. The number of aromatic nitrogens is 2. The standard InChI is InChI=1S/C23H18ClN3O3S/c1-2-27-19-12-7-14(13-18(19)26-22(29)23(27)30)21(28)25-15-8-10-16(11-9-15)31-20-6-4-3-5-17(20)24/h3-13H,2H2,1H3,(H,25,28)(H,26,29). The van der Waals surface area contributed by atoms with Crippen molar-refractivity contribution in [2.45, 2.75) is 23.3 Å². The molecule has 6 nitrogen and oxygen atoms in total.